The summed E-state index contributed by atoms with van der Waals surface area (Å²) < 4.78 is 0. The topological polar surface area (TPSA) is 67.1 Å². The second-order valence-electron chi connectivity index (χ2n) is 8.04. The van der Waals surface area contributed by atoms with Gasteiger partial charge in [-0.15, -0.1) is 0 Å². The molecule has 1 aliphatic rings. The van der Waals surface area contributed by atoms with Crippen LogP contribution < -0.4 is 11.1 Å². The highest BCUT2D eigenvalue weighted by Crippen LogP contribution is 2.25. The molecule has 1 aromatic heterocycles. The molecule has 1 unspecified atom stereocenters. The van der Waals surface area contributed by atoms with Crippen LogP contribution in [0.3, 0.4) is 0 Å². The quantitative estimate of drug-likeness (QED) is 0.518. The lowest BCUT2D eigenvalue weighted by Gasteiger charge is -2.34. The van der Waals surface area contributed by atoms with Crippen LogP contribution in [0.15, 0.2) is 60.8 Å². The summed E-state index contributed by atoms with van der Waals surface area (Å²) in [5, 5.41) is 4.54. The molecule has 3 N–H and O–H groups in total. The minimum atomic E-state index is 0.0658. The monoisotopic (exact) mass is 455 g/mol. The van der Waals surface area contributed by atoms with Crippen LogP contribution in [0.25, 0.3) is 11.3 Å². The molecule has 7 heteroatoms. The van der Waals surface area contributed by atoms with E-state index < -0.39 is 0 Å². The summed E-state index contributed by atoms with van der Waals surface area (Å²) in [6.07, 6.45) is 3.94. The van der Waals surface area contributed by atoms with Gasteiger partial charge in [0.15, 0.2) is 0 Å². The van der Waals surface area contributed by atoms with Gasteiger partial charge >= 0.3 is 0 Å². The van der Waals surface area contributed by atoms with Crippen molar-refractivity contribution in [2.45, 2.75) is 25.4 Å². The van der Waals surface area contributed by atoms with Gasteiger partial charge in [0, 0.05) is 30.9 Å². The lowest BCUT2D eigenvalue weighted by atomic mass is 9.89. The second-order valence-corrected chi connectivity index (χ2v) is 8.85. The molecule has 3 aromatic rings. The van der Waals surface area contributed by atoms with Crippen molar-refractivity contribution in [2.24, 2.45) is 11.7 Å². The summed E-state index contributed by atoms with van der Waals surface area (Å²) in [7, 11) is 0. The first kappa shape index (κ1) is 22.0. The molecule has 0 spiro atoms. The predicted molar refractivity (Wildman–Crippen MR) is 128 cm³/mol. The van der Waals surface area contributed by atoms with Crippen molar-refractivity contribution in [3.63, 3.8) is 0 Å². The third-order valence-corrected chi connectivity index (χ3v) is 6.59. The molecule has 0 saturated carbocycles. The molecule has 4 rings (SSSR count). The summed E-state index contributed by atoms with van der Waals surface area (Å²) in [6, 6.07) is 18.0. The molecule has 1 fully saturated rings. The van der Waals surface area contributed by atoms with Crippen molar-refractivity contribution in [2.75, 3.05) is 25.0 Å². The average molecular weight is 456 g/mol. The van der Waals surface area contributed by atoms with Crippen molar-refractivity contribution < 1.29 is 0 Å². The molecule has 0 radical (unpaired) electrons. The fourth-order valence-corrected chi connectivity index (χ4v) is 4.35. The van der Waals surface area contributed by atoms with E-state index in [1.165, 1.54) is 5.56 Å². The molecule has 2 heterocycles. The number of piperidine rings is 1. The first-order chi connectivity index (χ1) is 15.1. The zero-order valence-corrected chi connectivity index (χ0v) is 18.9. The molecule has 2 aromatic carbocycles. The molecule has 0 amide bonds. The number of nitrogens with two attached hydrogens (primary N) is 1. The number of anilines is 1. The summed E-state index contributed by atoms with van der Waals surface area (Å²) >= 11 is 12.2. The molecular formula is C24H27Cl2N5. The number of nitrogens with zero attached hydrogens (tertiary/aromatic N) is 3. The van der Waals surface area contributed by atoms with Gasteiger partial charge in [-0.1, -0.05) is 59.6 Å². The number of hydrogen-bond acceptors (Lipinski definition) is 5. The van der Waals surface area contributed by atoms with Gasteiger partial charge in [0.25, 0.3) is 0 Å². The Balaban J connectivity index is 1.26. The highest BCUT2D eigenvalue weighted by Gasteiger charge is 2.24. The van der Waals surface area contributed by atoms with E-state index in [-0.39, 0.29) is 6.04 Å². The molecule has 31 heavy (non-hydrogen) atoms. The third kappa shape index (κ3) is 5.95. The van der Waals surface area contributed by atoms with Gasteiger partial charge in [0.05, 0.1) is 15.7 Å². The zero-order valence-electron chi connectivity index (χ0n) is 17.3. The van der Waals surface area contributed by atoms with Crippen LogP contribution in [0.4, 0.5) is 5.95 Å². The molecule has 0 bridgehead atoms. The fourth-order valence-electron chi connectivity index (χ4n) is 4.02. The Morgan fingerprint density at radius 1 is 1.03 bits per heavy atom. The van der Waals surface area contributed by atoms with E-state index >= 15 is 0 Å². The van der Waals surface area contributed by atoms with Gasteiger partial charge in [0.1, 0.15) is 0 Å². The normalized spacial score (nSPS) is 16.2. The van der Waals surface area contributed by atoms with Crippen molar-refractivity contribution in [3.8, 4) is 11.3 Å². The second kappa shape index (κ2) is 10.4. The van der Waals surface area contributed by atoms with E-state index in [9.17, 15) is 0 Å². The maximum Gasteiger partial charge on any atom is 0.223 e. The smallest absolute Gasteiger partial charge is 0.223 e. The third-order valence-electron chi connectivity index (χ3n) is 5.85. The van der Waals surface area contributed by atoms with E-state index in [1.54, 1.807) is 6.20 Å². The number of rotatable bonds is 7. The maximum absolute atomic E-state index is 6.51. The van der Waals surface area contributed by atoms with E-state index in [0.29, 0.717) is 28.5 Å². The van der Waals surface area contributed by atoms with Crippen LogP contribution in [0.2, 0.25) is 10.0 Å². The summed E-state index contributed by atoms with van der Waals surface area (Å²) in [5.41, 5.74) is 9.68. The van der Waals surface area contributed by atoms with Crippen LogP contribution in [0, 0.1) is 5.92 Å². The van der Waals surface area contributed by atoms with Crippen LogP contribution in [-0.2, 0) is 6.54 Å². The van der Waals surface area contributed by atoms with Crippen LogP contribution in [0.5, 0.6) is 0 Å². The van der Waals surface area contributed by atoms with Gasteiger partial charge in [-0.05, 0) is 55.6 Å². The summed E-state index contributed by atoms with van der Waals surface area (Å²) in [5.74, 6) is 1.10. The van der Waals surface area contributed by atoms with Gasteiger partial charge in [-0.2, -0.15) is 0 Å². The molecular weight excluding hydrogens is 429 g/mol. The van der Waals surface area contributed by atoms with Gasteiger partial charge in [0.2, 0.25) is 5.95 Å². The van der Waals surface area contributed by atoms with Crippen LogP contribution in [-0.4, -0.2) is 40.5 Å². The Morgan fingerprint density at radius 2 is 1.81 bits per heavy atom. The van der Waals surface area contributed by atoms with E-state index in [1.807, 2.05) is 54.6 Å². The van der Waals surface area contributed by atoms with E-state index in [0.717, 1.165) is 43.7 Å². The lowest BCUT2D eigenvalue weighted by molar-refractivity contribution is 0.164. The number of aromatic nitrogens is 2. The Bertz CT molecular complexity index is 990. The molecule has 0 aliphatic carbocycles. The molecule has 1 saturated heterocycles. The highest BCUT2D eigenvalue weighted by atomic mass is 35.5. The summed E-state index contributed by atoms with van der Waals surface area (Å²) in [4.78, 5) is 11.4. The molecule has 5 nitrogen and oxygen atoms in total. The SMILES string of the molecule is NC(CNc1nccc(-c2ccccc2)n1)C1CCN(Cc2ccc(Cl)c(Cl)c2)CC1. The number of nitrogens with one attached hydrogen (secondary N) is 1. The van der Waals surface area contributed by atoms with E-state index in [4.69, 9.17) is 28.9 Å². The number of halogens is 2. The van der Waals surface area contributed by atoms with Gasteiger partial charge in [-0.3, -0.25) is 4.90 Å². The first-order valence-electron chi connectivity index (χ1n) is 10.6. The minimum absolute atomic E-state index is 0.0658. The maximum atomic E-state index is 6.51. The van der Waals surface area contributed by atoms with Gasteiger partial charge < -0.3 is 11.1 Å². The Hall–Kier alpha value is -2.18. The van der Waals surface area contributed by atoms with Crippen molar-refractivity contribution in [1.29, 1.82) is 0 Å². The lowest BCUT2D eigenvalue weighted by Crippen LogP contribution is -2.43. The zero-order chi connectivity index (χ0) is 21.6. The predicted octanol–water partition coefficient (Wildman–Crippen LogP) is 5.10. The minimum Gasteiger partial charge on any atom is -0.353 e. The number of hydrogen-bond donors (Lipinski definition) is 2. The first-order valence-corrected chi connectivity index (χ1v) is 11.4. The average Bonchev–Trinajstić information content (AvgIpc) is 2.81. The van der Waals surface area contributed by atoms with Crippen LogP contribution >= 0.6 is 23.2 Å². The number of benzene rings is 2. The largest absolute Gasteiger partial charge is 0.353 e. The van der Waals surface area contributed by atoms with Crippen molar-refractivity contribution in [3.05, 3.63) is 76.4 Å². The Labute approximate surface area is 193 Å². The van der Waals surface area contributed by atoms with Gasteiger partial charge in [-0.25, -0.2) is 9.97 Å². The molecule has 1 atom stereocenters. The van der Waals surface area contributed by atoms with Crippen LogP contribution in [0.1, 0.15) is 18.4 Å². The highest BCUT2D eigenvalue weighted by molar-refractivity contribution is 6.42. The molecule has 162 valence electrons. The van der Waals surface area contributed by atoms with E-state index in [2.05, 4.69) is 20.2 Å². The standard InChI is InChI=1S/C24H27Cl2N5/c25-20-7-6-17(14-21(20)26)16-31-12-9-18(10-13-31)22(27)15-29-24-28-11-8-23(30-24)19-4-2-1-3-5-19/h1-8,11,14,18,22H,9-10,12-13,15-16,27H2,(H,28,29,30). The Kier molecular flexibility index (Phi) is 7.41. The van der Waals surface area contributed by atoms with Crippen molar-refractivity contribution >= 4 is 29.2 Å². The molecule has 1 aliphatic heterocycles. The van der Waals surface area contributed by atoms with Crippen molar-refractivity contribution in [1.82, 2.24) is 14.9 Å². The fraction of sp³-hybridized carbons (Fsp3) is 0.333. The number of likely N-dealkylation sites (tertiary alicyclic amines) is 1. The summed E-state index contributed by atoms with van der Waals surface area (Å²) in [6.45, 7) is 3.60. The Morgan fingerprint density at radius 3 is 2.55 bits per heavy atom.